The maximum Gasteiger partial charge on any atom is 0.152 e. The molecule has 0 rings (SSSR count). The normalized spacial score (nSPS) is 11.2. The molecular weight excluding hydrogens is 100 g/mol. The van der Waals surface area contributed by atoms with E-state index in [0.717, 1.165) is 0 Å². The van der Waals surface area contributed by atoms with E-state index in [1.807, 2.05) is 19.1 Å². The van der Waals surface area contributed by atoms with Gasteiger partial charge in [0, 0.05) is 0 Å². The maximum atomic E-state index is 10.2. The van der Waals surface area contributed by atoms with Crippen molar-refractivity contribution < 1.29 is 4.79 Å². The highest BCUT2D eigenvalue weighted by molar-refractivity contribution is 5.87. The molecule has 0 amide bonds. The molecule has 0 saturated carbocycles. The summed E-state index contributed by atoms with van der Waals surface area (Å²) < 4.78 is 0. The van der Waals surface area contributed by atoms with Gasteiger partial charge in [0.15, 0.2) is 5.78 Å². The second kappa shape index (κ2) is 4.31. The Kier molecular flexibility index (Phi) is 3.85. The highest BCUT2D eigenvalue weighted by atomic mass is 16.1. The Bertz CT molecular complexity index is 120. The van der Waals surface area contributed by atoms with Gasteiger partial charge in [-0.3, -0.25) is 4.79 Å². The van der Waals surface area contributed by atoms with Crippen molar-refractivity contribution >= 4 is 5.78 Å². The average molecular weight is 110 g/mol. The van der Waals surface area contributed by atoms with Crippen LogP contribution in [0.15, 0.2) is 24.3 Å². The zero-order chi connectivity index (χ0) is 6.41. The van der Waals surface area contributed by atoms with Crippen molar-refractivity contribution in [2.24, 2.45) is 0 Å². The van der Waals surface area contributed by atoms with Gasteiger partial charge < -0.3 is 0 Å². The molecule has 0 bridgehead atoms. The molecule has 0 atom stereocenters. The molecule has 0 aliphatic heterocycles. The molecule has 44 valence electrons. The summed E-state index contributed by atoms with van der Waals surface area (Å²) in [5, 5.41) is 0. The zero-order valence-electron chi connectivity index (χ0n) is 5.22. The van der Waals surface area contributed by atoms with Crippen LogP contribution in [0, 0.1) is 0 Å². The van der Waals surface area contributed by atoms with Gasteiger partial charge in [-0.1, -0.05) is 18.2 Å². The highest BCUT2D eigenvalue weighted by Crippen LogP contribution is 1.76. The van der Waals surface area contributed by atoms with Gasteiger partial charge in [0.25, 0.3) is 0 Å². The van der Waals surface area contributed by atoms with Gasteiger partial charge in [0.05, 0.1) is 0 Å². The molecule has 0 aromatic heterocycles. The van der Waals surface area contributed by atoms with Crippen LogP contribution in [0.4, 0.5) is 0 Å². The van der Waals surface area contributed by atoms with Crippen LogP contribution >= 0.6 is 0 Å². The Morgan fingerprint density at radius 3 is 2.38 bits per heavy atom. The van der Waals surface area contributed by atoms with Crippen LogP contribution in [0.25, 0.3) is 0 Å². The quantitative estimate of drug-likeness (QED) is 0.390. The van der Waals surface area contributed by atoms with E-state index in [-0.39, 0.29) is 5.78 Å². The van der Waals surface area contributed by atoms with E-state index in [4.69, 9.17) is 0 Å². The zero-order valence-corrected chi connectivity index (χ0v) is 5.22. The average Bonchev–Trinajstić information content (AvgIpc) is 1.66. The van der Waals surface area contributed by atoms with E-state index < -0.39 is 0 Å². The van der Waals surface area contributed by atoms with Crippen molar-refractivity contribution in [3.05, 3.63) is 24.3 Å². The molecule has 0 spiro atoms. The number of hydrogen-bond acceptors (Lipinski definition) is 1. The number of allylic oxidation sites excluding steroid dienone is 4. The number of carbonyl (C=O) groups is 1. The second-order valence-corrected chi connectivity index (χ2v) is 1.50. The molecule has 0 aliphatic rings. The molecule has 0 saturated heterocycles. The summed E-state index contributed by atoms with van der Waals surface area (Å²) in [5.41, 5.74) is 0. The fourth-order valence-electron chi connectivity index (χ4n) is 0.302. The SMILES string of the molecule is C/C=C/C=C\C(C)=O. The molecule has 1 nitrogen and oxygen atoms in total. The van der Waals surface area contributed by atoms with Crippen molar-refractivity contribution in [3.63, 3.8) is 0 Å². The second-order valence-electron chi connectivity index (χ2n) is 1.50. The van der Waals surface area contributed by atoms with Gasteiger partial charge in [-0.2, -0.15) is 0 Å². The maximum absolute atomic E-state index is 10.2. The highest BCUT2D eigenvalue weighted by Gasteiger charge is 1.74. The number of hydrogen-bond donors (Lipinski definition) is 0. The number of rotatable bonds is 2. The summed E-state index contributed by atoms with van der Waals surface area (Å²) >= 11 is 0. The molecule has 0 fully saturated rings. The lowest BCUT2D eigenvalue weighted by Gasteiger charge is -1.72. The number of ketones is 1. The van der Waals surface area contributed by atoms with Crippen molar-refractivity contribution in [2.45, 2.75) is 13.8 Å². The monoisotopic (exact) mass is 110 g/mol. The molecule has 0 aromatic rings. The lowest BCUT2D eigenvalue weighted by atomic mass is 10.4. The first-order valence-electron chi connectivity index (χ1n) is 2.57. The van der Waals surface area contributed by atoms with Gasteiger partial charge in [-0.15, -0.1) is 0 Å². The summed E-state index contributed by atoms with van der Waals surface area (Å²) in [4.78, 5) is 10.2. The number of carbonyl (C=O) groups excluding carboxylic acids is 1. The van der Waals surface area contributed by atoms with Gasteiger partial charge in [-0.25, -0.2) is 0 Å². The van der Waals surface area contributed by atoms with E-state index in [9.17, 15) is 4.79 Å². The first-order valence-corrected chi connectivity index (χ1v) is 2.57. The first-order chi connectivity index (χ1) is 3.77. The third kappa shape index (κ3) is 5.15. The minimum absolute atomic E-state index is 0.0862. The third-order valence-corrected chi connectivity index (χ3v) is 0.634. The summed E-state index contributed by atoms with van der Waals surface area (Å²) in [5.74, 6) is 0.0862. The molecule has 0 aromatic carbocycles. The van der Waals surface area contributed by atoms with Crippen LogP contribution in [-0.2, 0) is 4.79 Å². The molecule has 0 aliphatic carbocycles. The molecule has 0 heterocycles. The van der Waals surface area contributed by atoms with E-state index >= 15 is 0 Å². The van der Waals surface area contributed by atoms with Crippen molar-refractivity contribution in [3.8, 4) is 0 Å². The lowest BCUT2D eigenvalue weighted by Crippen LogP contribution is -1.76. The largest absolute Gasteiger partial charge is 0.295 e. The molecular formula is C7H10O. The van der Waals surface area contributed by atoms with Crippen LogP contribution < -0.4 is 0 Å². The standard InChI is InChI=1S/C7H10O/c1-3-4-5-6-7(2)8/h3-6H,1-2H3/b4-3+,6-5-. The molecule has 0 radical (unpaired) electrons. The minimum atomic E-state index is 0.0862. The molecule has 0 N–H and O–H groups in total. The minimum Gasteiger partial charge on any atom is -0.295 e. The summed E-state index contributed by atoms with van der Waals surface area (Å²) in [6.45, 7) is 3.43. The Hall–Kier alpha value is -0.850. The Labute approximate surface area is 49.7 Å². The van der Waals surface area contributed by atoms with Crippen molar-refractivity contribution in [1.82, 2.24) is 0 Å². The summed E-state index contributed by atoms with van der Waals surface area (Å²) in [6, 6.07) is 0. The fraction of sp³-hybridized carbons (Fsp3) is 0.286. The molecule has 1 heteroatoms. The fourth-order valence-corrected chi connectivity index (χ4v) is 0.302. The summed E-state index contributed by atoms with van der Waals surface area (Å²) in [6.07, 6.45) is 6.95. The van der Waals surface area contributed by atoms with Gasteiger partial charge >= 0.3 is 0 Å². The van der Waals surface area contributed by atoms with Crippen LogP contribution in [0.3, 0.4) is 0 Å². The smallest absolute Gasteiger partial charge is 0.152 e. The Morgan fingerprint density at radius 2 is 2.00 bits per heavy atom. The van der Waals surface area contributed by atoms with E-state index in [2.05, 4.69) is 0 Å². The van der Waals surface area contributed by atoms with Gasteiger partial charge in [0.2, 0.25) is 0 Å². The summed E-state index contributed by atoms with van der Waals surface area (Å²) in [7, 11) is 0. The molecule has 0 unspecified atom stereocenters. The third-order valence-electron chi connectivity index (χ3n) is 0.634. The van der Waals surface area contributed by atoms with Gasteiger partial charge in [0.1, 0.15) is 0 Å². The van der Waals surface area contributed by atoms with E-state index in [1.165, 1.54) is 13.0 Å². The van der Waals surface area contributed by atoms with Crippen LogP contribution in [-0.4, -0.2) is 5.78 Å². The van der Waals surface area contributed by atoms with Crippen LogP contribution in [0.1, 0.15) is 13.8 Å². The predicted octanol–water partition coefficient (Wildman–Crippen LogP) is 1.71. The van der Waals surface area contributed by atoms with Crippen LogP contribution in [0.5, 0.6) is 0 Å². The van der Waals surface area contributed by atoms with Crippen molar-refractivity contribution in [2.75, 3.05) is 0 Å². The Balaban J connectivity index is 3.50. The predicted molar refractivity (Wildman–Crippen MR) is 34.6 cm³/mol. The van der Waals surface area contributed by atoms with E-state index in [1.54, 1.807) is 6.08 Å². The van der Waals surface area contributed by atoms with Crippen molar-refractivity contribution in [1.29, 1.82) is 0 Å². The van der Waals surface area contributed by atoms with Gasteiger partial charge in [-0.05, 0) is 19.9 Å². The van der Waals surface area contributed by atoms with Crippen LogP contribution in [0.2, 0.25) is 0 Å². The van der Waals surface area contributed by atoms with E-state index in [0.29, 0.717) is 0 Å². The lowest BCUT2D eigenvalue weighted by molar-refractivity contribution is -0.112. The first kappa shape index (κ1) is 7.15. The topological polar surface area (TPSA) is 17.1 Å². The Morgan fingerprint density at radius 1 is 1.38 bits per heavy atom. The molecule has 8 heavy (non-hydrogen) atoms.